The first-order valence-corrected chi connectivity index (χ1v) is 10.1. The fourth-order valence-corrected chi connectivity index (χ4v) is 4.32. The lowest BCUT2D eigenvalue weighted by atomic mass is 9.64. The van der Waals surface area contributed by atoms with Crippen LogP contribution in [0, 0.1) is 5.82 Å². The molecule has 4 rings (SSSR count). The molecule has 1 atom stereocenters. The fraction of sp³-hybridized carbons (Fsp3) is 0.435. The number of nitrogens with zero attached hydrogens (tertiary/aromatic N) is 1. The molecule has 1 heterocycles. The van der Waals surface area contributed by atoms with E-state index in [9.17, 15) is 9.18 Å². The monoisotopic (exact) mass is 382 g/mol. The lowest BCUT2D eigenvalue weighted by Crippen LogP contribution is -2.51. The molecule has 2 aromatic rings. The van der Waals surface area contributed by atoms with Crippen molar-refractivity contribution in [2.24, 2.45) is 0 Å². The Bertz CT molecular complexity index is 784. The van der Waals surface area contributed by atoms with Crippen molar-refractivity contribution in [1.82, 2.24) is 10.2 Å². The van der Waals surface area contributed by atoms with Crippen molar-refractivity contribution in [2.45, 2.75) is 30.7 Å². The second-order valence-electron chi connectivity index (χ2n) is 7.73. The van der Waals surface area contributed by atoms with Gasteiger partial charge in [-0.15, -0.1) is 0 Å². The van der Waals surface area contributed by atoms with Crippen LogP contribution in [0.1, 0.15) is 36.4 Å². The van der Waals surface area contributed by atoms with Crippen molar-refractivity contribution in [2.75, 3.05) is 32.8 Å². The maximum absolute atomic E-state index is 13.4. The van der Waals surface area contributed by atoms with Crippen molar-refractivity contribution in [1.29, 1.82) is 0 Å². The first-order valence-electron chi connectivity index (χ1n) is 10.1. The molecule has 1 aliphatic heterocycles. The second kappa shape index (κ2) is 8.41. The average molecular weight is 382 g/mol. The summed E-state index contributed by atoms with van der Waals surface area (Å²) in [5, 5.41) is 3.22. The lowest BCUT2D eigenvalue weighted by Gasteiger charge is -2.42. The Hall–Kier alpha value is -2.24. The number of halogens is 1. The van der Waals surface area contributed by atoms with Gasteiger partial charge in [0.1, 0.15) is 5.82 Å². The Balaban J connectivity index is 1.50. The zero-order valence-corrected chi connectivity index (χ0v) is 16.1. The molecule has 5 heteroatoms. The summed E-state index contributed by atoms with van der Waals surface area (Å²) in [7, 11) is 0. The van der Waals surface area contributed by atoms with Crippen LogP contribution in [0.4, 0.5) is 4.39 Å². The van der Waals surface area contributed by atoms with Crippen LogP contribution < -0.4 is 5.32 Å². The largest absolute Gasteiger partial charge is 0.379 e. The van der Waals surface area contributed by atoms with E-state index in [1.807, 2.05) is 30.3 Å². The minimum absolute atomic E-state index is 0.0151. The highest BCUT2D eigenvalue weighted by Crippen LogP contribution is 2.44. The molecule has 1 saturated heterocycles. The molecule has 28 heavy (non-hydrogen) atoms. The van der Waals surface area contributed by atoms with E-state index in [4.69, 9.17) is 4.74 Å². The first-order chi connectivity index (χ1) is 13.7. The predicted octanol–water partition coefficient (Wildman–Crippen LogP) is 3.44. The molecule has 1 saturated carbocycles. The fourth-order valence-electron chi connectivity index (χ4n) is 4.32. The van der Waals surface area contributed by atoms with Crippen LogP contribution >= 0.6 is 0 Å². The highest BCUT2D eigenvalue weighted by Gasteiger charge is 2.45. The standard InChI is InChI=1S/C23H27FN2O2/c24-20-9-7-18(8-10-20)21(26-13-15-28-16-14-26)17-25-22(27)23(11-4-12-23)19-5-2-1-3-6-19/h1-3,5-10,21H,4,11-17H2,(H,25,27). The van der Waals surface area contributed by atoms with Gasteiger partial charge in [-0.3, -0.25) is 9.69 Å². The van der Waals surface area contributed by atoms with E-state index in [-0.39, 0.29) is 17.8 Å². The summed E-state index contributed by atoms with van der Waals surface area (Å²) < 4.78 is 18.9. The number of ether oxygens (including phenoxy) is 1. The Kier molecular flexibility index (Phi) is 5.74. The Labute approximate surface area is 165 Å². The second-order valence-corrected chi connectivity index (χ2v) is 7.73. The summed E-state index contributed by atoms with van der Waals surface area (Å²) in [5.74, 6) is -0.142. The van der Waals surface area contributed by atoms with E-state index < -0.39 is 5.41 Å². The predicted molar refractivity (Wildman–Crippen MR) is 107 cm³/mol. The molecule has 2 aromatic carbocycles. The third-order valence-corrected chi connectivity index (χ3v) is 6.17. The lowest BCUT2D eigenvalue weighted by molar-refractivity contribution is -0.130. The molecule has 2 aliphatic rings. The van der Waals surface area contributed by atoms with E-state index >= 15 is 0 Å². The molecule has 2 fully saturated rings. The molecular weight excluding hydrogens is 355 g/mol. The molecule has 148 valence electrons. The number of hydrogen-bond donors (Lipinski definition) is 1. The highest BCUT2D eigenvalue weighted by molar-refractivity contribution is 5.89. The van der Waals surface area contributed by atoms with Crippen LogP contribution in [-0.4, -0.2) is 43.7 Å². The molecule has 0 spiro atoms. The number of rotatable bonds is 6. The number of carbonyl (C=O) groups is 1. The molecule has 0 aromatic heterocycles. The van der Waals surface area contributed by atoms with Crippen molar-refractivity contribution in [3.63, 3.8) is 0 Å². The van der Waals surface area contributed by atoms with Gasteiger partial charge in [0.25, 0.3) is 0 Å². The van der Waals surface area contributed by atoms with Crippen LogP contribution in [-0.2, 0) is 14.9 Å². The summed E-state index contributed by atoms with van der Waals surface area (Å²) in [6, 6.07) is 16.7. The van der Waals surface area contributed by atoms with E-state index in [0.717, 1.165) is 43.5 Å². The molecule has 0 bridgehead atoms. The number of amides is 1. The molecule has 1 aliphatic carbocycles. The van der Waals surface area contributed by atoms with Gasteiger partial charge in [0, 0.05) is 19.6 Å². The third kappa shape index (κ3) is 3.82. The van der Waals surface area contributed by atoms with Gasteiger partial charge in [0.05, 0.1) is 24.7 Å². The summed E-state index contributed by atoms with van der Waals surface area (Å²) >= 11 is 0. The quantitative estimate of drug-likeness (QED) is 0.832. The van der Waals surface area contributed by atoms with Crippen molar-refractivity contribution >= 4 is 5.91 Å². The third-order valence-electron chi connectivity index (χ3n) is 6.17. The van der Waals surface area contributed by atoms with Crippen LogP contribution in [0.5, 0.6) is 0 Å². The van der Waals surface area contributed by atoms with E-state index in [2.05, 4.69) is 22.3 Å². The van der Waals surface area contributed by atoms with E-state index in [1.54, 1.807) is 0 Å². The molecular formula is C23H27FN2O2. The Morgan fingerprint density at radius 2 is 1.75 bits per heavy atom. The molecule has 4 nitrogen and oxygen atoms in total. The zero-order valence-electron chi connectivity index (χ0n) is 16.1. The summed E-state index contributed by atoms with van der Waals surface area (Å²) in [6.45, 7) is 3.49. The van der Waals surface area contributed by atoms with Gasteiger partial charge in [-0.05, 0) is 36.1 Å². The first kappa shape index (κ1) is 19.1. The maximum atomic E-state index is 13.4. The normalized spacial score (nSPS) is 20.2. The molecule has 1 unspecified atom stereocenters. The van der Waals surface area contributed by atoms with E-state index in [1.165, 1.54) is 12.1 Å². The van der Waals surface area contributed by atoms with Crippen LogP contribution in [0.3, 0.4) is 0 Å². The van der Waals surface area contributed by atoms with Crippen molar-refractivity contribution in [3.05, 3.63) is 71.5 Å². The van der Waals surface area contributed by atoms with E-state index in [0.29, 0.717) is 19.8 Å². The number of morpholine rings is 1. The van der Waals surface area contributed by atoms with Gasteiger partial charge in [0.15, 0.2) is 0 Å². The molecule has 1 amide bonds. The highest BCUT2D eigenvalue weighted by atomic mass is 19.1. The van der Waals surface area contributed by atoms with Gasteiger partial charge in [-0.2, -0.15) is 0 Å². The van der Waals surface area contributed by atoms with Gasteiger partial charge >= 0.3 is 0 Å². The number of benzene rings is 2. The Morgan fingerprint density at radius 1 is 1.07 bits per heavy atom. The summed E-state index contributed by atoms with van der Waals surface area (Å²) in [5.41, 5.74) is 1.72. The molecule has 1 N–H and O–H groups in total. The Morgan fingerprint density at radius 3 is 2.36 bits per heavy atom. The van der Waals surface area contributed by atoms with Crippen molar-refractivity contribution in [3.8, 4) is 0 Å². The van der Waals surface area contributed by atoms with Crippen molar-refractivity contribution < 1.29 is 13.9 Å². The number of hydrogen-bond acceptors (Lipinski definition) is 3. The number of carbonyl (C=O) groups excluding carboxylic acids is 1. The van der Waals surface area contributed by atoms with Crippen LogP contribution in [0.25, 0.3) is 0 Å². The minimum atomic E-state index is -0.403. The summed E-state index contributed by atoms with van der Waals surface area (Å²) in [4.78, 5) is 15.5. The number of nitrogens with one attached hydrogen (secondary N) is 1. The topological polar surface area (TPSA) is 41.6 Å². The smallest absolute Gasteiger partial charge is 0.230 e. The average Bonchev–Trinajstić information content (AvgIpc) is 2.70. The maximum Gasteiger partial charge on any atom is 0.230 e. The van der Waals surface area contributed by atoms with Gasteiger partial charge < -0.3 is 10.1 Å². The molecule has 0 radical (unpaired) electrons. The van der Waals surface area contributed by atoms with Gasteiger partial charge in [0.2, 0.25) is 5.91 Å². The van der Waals surface area contributed by atoms with Gasteiger partial charge in [-0.25, -0.2) is 4.39 Å². The van der Waals surface area contributed by atoms with Crippen LogP contribution in [0.15, 0.2) is 54.6 Å². The summed E-state index contributed by atoms with van der Waals surface area (Å²) in [6.07, 6.45) is 2.86. The minimum Gasteiger partial charge on any atom is -0.379 e. The zero-order chi connectivity index (χ0) is 19.4. The van der Waals surface area contributed by atoms with Crippen LogP contribution in [0.2, 0.25) is 0 Å². The van der Waals surface area contributed by atoms with Gasteiger partial charge in [-0.1, -0.05) is 48.9 Å². The SMILES string of the molecule is O=C(NCC(c1ccc(F)cc1)N1CCOCC1)C1(c2ccccc2)CCC1.